The van der Waals surface area contributed by atoms with Crippen LogP contribution in [0.3, 0.4) is 0 Å². The van der Waals surface area contributed by atoms with Gasteiger partial charge in [0.25, 0.3) is 5.91 Å². The number of carbonyl (C=O) groups is 2. The van der Waals surface area contributed by atoms with Gasteiger partial charge < -0.3 is 20.3 Å². The van der Waals surface area contributed by atoms with Gasteiger partial charge in [-0.05, 0) is 62.8 Å². The largest absolute Gasteiger partial charge is 0.379 e. The lowest BCUT2D eigenvalue weighted by Crippen LogP contribution is -2.44. The quantitative estimate of drug-likeness (QED) is 0.637. The Kier molecular flexibility index (Phi) is 8.96. The minimum atomic E-state index is -0.00114. The molecule has 0 bridgehead atoms. The maximum atomic E-state index is 12.4. The highest BCUT2D eigenvalue weighted by molar-refractivity contribution is 5.94. The number of piperidine rings is 1. The molecular formula is C23H36N4O3. The normalized spacial score (nSPS) is 18.2. The van der Waals surface area contributed by atoms with E-state index >= 15 is 0 Å². The van der Waals surface area contributed by atoms with Gasteiger partial charge >= 0.3 is 6.03 Å². The van der Waals surface area contributed by atoms with Crippen LogP contribution in [0.25, 0.3) is 0 Å². The molecular weight excluding hydrogens is 380 g/mol. The Morgan fingerprint density at radius 2 is 1.73 bits per heavy atom. The number of benzene rings is 1. The first-order valence-electron chi connectivity index (χ1n) is 11.4. The zero-order valence-electron chi connectivity index (χ0n) is 18.2. The molecule has 2 heterocycles. The molecule has 0 saturated carbocycles. The summed E-state index contributed by atoms with van der Waals surface area (Å²) in [5.74, 6) is 0.592. The summed E-state index contributed by atoms with van der Waals surface area (Å²) >= 11 is 0. The number of hydrogen-bond acceptors (Lipinski definition) is 4. The molecule has 0 aliphatic carbocycles. The summed E-state index contributed by atoms with van der Waals surface area (Å²) < 4.78 is 5.35. The Hall–Kier alpha value is -2.12. The number of urea groups is 1. The third kappa shape index (κ3) is 6.99. The van der Waals surface area contributed by atoms with Gasteiger partial charge in [-0.15, -0.1) is 0 Å². The second-order valence-electron chi connectivity index (χ2n) is 8.23. The van der Waals surface area contributed by atoms with E-state index in [1.807, 2.05) is 24.0 Å². The van der Waals surface area contributed by atoms with Crippen molar-refractivity contribution >= 4 is 11.9 Å². The molecule has 7 heteroatoms. The maximum Gasteiger partial charge on any atom is 0.317 e. The first kappa shape index (κ1) is 22.6. The summed E-state index contributed by atoms with van der Waals surface area (Å²) in [5.41, 5.74) is 1.98. The molecule has 2 aliphatic rings. The molecule has 7 nitrogen and oxygen atoms in total. The number of nitrogens with one attached hydrogen (secondary N) is 2. The summed E-state index contributed by atoms with van der Waals surface area (Å²) in [6, 6.07) is 8.04. The highest BCUT2D eigenvalue weighted by Crippen LogP contribution is 2.22. The summed E-state index contributed by atoms with van der Waals surface area (Å²) in [6.45, 7) is 9.55. The maximum absolute atomic E-state index is 12.4. The van der Waals surface area contributed by atoms with Gasteiger partial charge in [0, 0.05) is 44.8 Å². The van der Waals surface area contributed by atoms with Gasteiger partial charge in [0.05, 0.1) is 13.2 Å². The van der Waals surface area contributed by atoms with Crippen LogP contribution >= 0.6 is 0 Å². The zero-order valence-corrected chi connectivity index (χ0v) is 18.2. The van der Waals surface area contributed by atoms with Crippen molar-refractivity contribution in [2.45, 2.75) is 32.6 Å². The van der Waals surface area contributed by atoms with Crippen LogP contribution in [-0.2, 0) is 11.2 Å². The Morgan fingerprint density at radius 3 is 2.40 bits per heavy atom. The number of morpholine rings is 1. The first-order valence-corrected chi connectivity index (χ1v) is 11.4. The lowest BCUT2D eigenvalue weighted by molar-refractivity contribution is 0.0374. The van der Waals surface area contributed by atoms with Crippen LogP contribution in [0.15, 0.2) is 24.3 Å². The molecule has 166 valence electrons. The molecule has 0 spiro atoms. The standard InChI is InChI=1S/C23H36N4O3/c1-2-24-23(29)27-12-8-20(9-13-27)18-19-4-6-21(7-5-19)22(28)25-10-3-11-26-14-16-30-17-15-26/h4-7,20H,2-3,8-18H2,1H3,(H,24,29)(H,25,28). The molecule has 0 radical (unpaired) electrons. The van der Waals surface area contributed by atoms with Gasteiger partial charge in [0.15, 0.2) is 0 Å². The smallest absolute Gasteiger partial charge is 0.317 e. The number of nitrogens with zero attached hydrogens (tertiary/aromatic N) is 2. The summed E-state index contributed by atoms with van der Waals surface area (Å²) in [5, 5.41) is 5.90. The Labute approximate surface area is 180 Å². The topological polar surface area (TPSA) is 73.9 Å². The zero-order chi connectivity index (χ0) is 21.2. The van der Waals surface area contributed by atoms with Crippen molar-refractivity contribution in [2.24, 2.45) is 5.92 Å². The predicted molar refractivity (Wildman–Crippen MR) is 118 cm³/mol. The van der Waals surface area contributed by atoms with Crippen LogP contribution in [0.1, 0.15) is 42.1 Å². The van der Waals surface area contributed by atoms with E-state index in [-0.39, 0.29) is 11.9 Å². The minimum absolute atomic E-state index is 0.00114. The fourth-order valence-corrected chi connectivity index (χ4v) is 4.16. The van der Waals surface area contributed by atoms with Gasteiger partial charge in [-0.1, -0.05) is 12.1 Å². The number of amides is 3. The molecule has 3 rings (SSSR count). The molecule has 0 aromatic heterocycles. The van der Waals surface area contributed by atoms with Gasteiger partial charge in [0.2, 0.25) is 0 Å². The summed E-state index contributed by atoms with van der Waals surface area (Å²) in [7, 11) is 0. The molecule has 3 amide bonds. The van der Waals surface area contributed by atoms with E-state index in [1.165, 1.54) is 5.56 Å². The van der Waals surface area contributed by atoms with E-state index in [1.54, 1.807) is 0 Å². The van der Waals surface area contributed by atoms with Crippen molar-refractivity contribution in [1.82, 2.24) is 20.4 Å². The molecule has 1 aromatic rings. The lowest BCUT2D eigenvalue weighted by atomic mass is 9.90. The van der Waals surface area contributed by atoms with E-state index < -0.39 is 0 Å². The van der Waals surface area contributed by atoms with Crippen molar-refractivity contribution < 1.29 is 14.3 Å². The highest BCUT2D eigenvalue weighted by Gasteiger charge is 2.22. The van der Waals surface area contributed by atoms with Gasteiger partial charge in [0.1, 0.15) is 0 Å². The number of hydrogen-bond donors (Lipinski definition) is 2. The average Bonchev–Trinajstić information content (AvgIpc) is 2.78. The molecule has 2 fully saturated rings. The lowest BCUT2D eigenvalue weighted by Gasteiger charge is -2.32. The van der Waals surface area contributed by atoms with Gasteiger partial charge in [-0.3, -0.25) is 9.69 Å². The van der Waals surface area contributed by atoms with E-state index in [0.29, 0.717) is 19.0 Å². The Morgan fingerprint density at radius 1 is 1.03 bits per heavy atom. The van der Waals surface area contributed by atoms with Crippen molar-refractivity contribution in [3.8, 4) is 0 Å². The summed E-state index contributed by atoms with van der Waals surface area (Å²) in [4.78, 5) is 28.6. The minimum Gasteiger partial charge on any atom is -0.379 e. The highest BCUT2D eigenvalue weighted by atomic mass is 16.5. The summed E-state index contributed by atoms with van der Waals surface area (Å²) in [6.07, 6.45) is 4.02. The second-order valence-corrected chi connectivity index (χ2v) is 8.23. The van der Waals surface area contributed by atoms with Crippen LogP contribution in [0.4, 0.5) is 4.79 Å². The fraction of sp³-hybridized carbons (Fsp3) is 0.652. The van der Waals surface area contributed by atoms with Crippen molar-refractivity contribution in [3.63, 3.8) is 0 Å². The van der Waals surface area contributed by atoms with E-state index in [4.69, 9.17) is 4.74 Å². The van der Waals surface area contributed by atoms with Crippen molar-refractivity contribution in [1.29, 1.82) is 0 Å². The van der Waals surface area contributed by atoms with E-state index in [2.05, 4.69) is 27.7 Å². The van der Waals surface area contributed by atoms with E-state index in [0.717, 1.165) is 77.2 Å². The molecule has 2 aliphatic heterocycles. The third-order valence-electron chi connectivity index (χ3n) is 6.01. The number of carbonyl (C=O) groups excluding carboxylic acids is 2. The van der Waals surface area contributed by atoms with Crippen LogP contribution in [0, 0.1) is 5.92 Å². The SMILES string of the molecule is CCNC(=O)N1CCC(Cc2ccc(C(=O)NCCCN3CCOCC3)cc2)CC1. The fourth-order valence-electron chi connectivity index (χ4n) is 4.16. The molecule has 1 aromatic carbocycles. The number of ether oxygens (including phenoxy) is 1. The van der Waals surface area contributed by atoms with Crippen molar-refractivity contribution in [2.75, 3.05) is 59.0 Å². The van der Waals surface area contributed by atoms with E-state index in [9.17, 15) is 9.59 Å². The van der Waals surface area contributed by atoms with Crippen molar-refractivity contribution in [3.05, 3.63) is 35.4 Å². The predicted octanol–water partition coefficient (Wildman–Crippen LogP) is 2.12. The Balaban J connectivity index is 1.35. The van der Waals surface area contributed by atoms with Gasteiger partial charge in [-0.25, -0.2) is 4.79 Å². The van der Waals surface area contributed by atoms with Gasteiger partial charge in [-0.2, -0.15) is 0 Å². The molecule has 2 saturated heterocycles. The van der Waals surface area contributed by atoms with Crippen LogP contribution < -0.4 is 10.6 Å². The first-order chi connectivity index (χ1) is 14.7. The monoisotopic (exact) mass is 416 g/mol. The molecule has 2 N–H and O–H groups in total. The van der Waals surface area contributed by atoms with Crippen LogP contribution in [-0.4, -0.2) is 80.8 Å². The number of likely N-dealkylation sites (tertiary alicyclic amines) is 1. The average molecular weight is 417 g/mol. The third-order valence-corrected chi connectivity index (χ3v) is 6.01. The molecule has 0 unspecified atom stereocenters. The van der Waals surface area contributed by atoms with Crippen LogP contribution in [0.2, 0.25) is 0 Å². The number of rotatable bonds is 8. The molecule has 30 heavy (non-hydrogen) atoms. The van der Waals surface area contributed by atoms with Crippen LogP contribution in [0.5, 0.6) is 0 Å². The Bertz CT molecular complexity index is 666. The second kappa shape index (κ2) is 11.9. The molecule has 0 atom stereocenters.